The Balaban J connectivity index is 1.80. The number of carbonyl (C=O) groups is 1. The highest BCUT2D eigenvalue weighted by Crippen LogP contribution is 2.23. The van der Waals surface area contributed by atoms with Crippen LogP contribution >= 0.6 is 0 Å². The highest BCUT2D eigenvalue weighted by Gasteiger charge is 2.31. The minimum absolute atomic E-state index is 0.110. The number of carbonyl (C=O) groups excluding carboxylic acids is 1. The lowest BCUT2D eigenvalue weighted by atomic mass is 9.97. The van der Waals surface area contributed by atoms with Crippen LogP contribution in [0.15, 0.2) is 0 Å². The van der Waals surface area contributed by atoms with E-state index in [2.05, 4.69) is 19.2 Å². The topological polar surface area (TPSA) is 41.6 Å². The first kappa shape index (κ1) is 12.8. The van der Waals surface area contributed by atoms with Crippen LogP contribution in [0.5, 0.6) is 0 Å². The molecule has 2 aliphatic rings. The molecule has 4 nitrogen and oxygen atoms in total. The lowest BCUT2D eigenvalue weighted by Crippen LogP contribution is -2.52. The van der Waals surface area contributed by atoms with Crippen LogP contribution in [-0.4, -0.2) is 49.7 Å². The van der Waals surface area contributed by atoms with Gasteiger partial charge in [0.05, 0.1) is 13.2 Å². The first-order valence-electron chi connectivity index (χ1n) is 6.76. The number of hydrogen-bond donors (Lipinski definition) is 1. The Bertz CT molecular complexity index is 262. The van der Waals surface area contributed by atoms with E-state index in [0.29, 0.717) is 12.5 Å². The molecule has 17 heavy (non-hydrogen) atoms. The summed E-state index contributed by atoms with van der Waals surface area (Å²) in [5.74, 6) is 1.66. The lowest BCUT2D eigenvalue weighted by Gasteiger charge is -2.27. The fraction of sp³-hybridized carbons (Fsp3) is 0.923. The largest absolute Gasteiger partial charge is 0.378 e. The number of nitrogens with one attached hydrogen (secondary N) is 1. The third-order valence-electron chi connectivity index (χ3n) is 3.62. The van der Waals surface area contributed by atoms with Crippen molar-refractivity contribution in [2.75, 3.05) is 32.8 Å². The van der Waals surface area contributed by atoms with E-state index in [0.717, 1.165) is 38.6 Å². The van der Waals surface area contributed by atoms with Gasteiger partial charge >= 0.3 is 0 Å². The highest BCUT2D eigenvalue weighted by atomic mass is 16.5. The maximum atomic E-state index is 12.2. The van der Waals surface area contributed by atoms with E-state index < -0.39 is 0 Å². The summed E-state index contributed by atoms with van der Waals surface area (Å²) in [4.78, 5) is 14.2. The standard InChI is InChI=1S/C13H24N2O2/c1-10(2)7-11-3-5-15(8-11)13(16)12-9-17-6-4-14-12/h10-12,14H,3-9H2,1-2H3. The molecule has 0 saturated carbocycles. The van der Waals surface area contributed by atoms with Gasteiger partial charge in [0.15, 0.2) is 0 Å². The molecule has 2 aliphatic heterocycles. The van der Waals surface area contributed by atoms with Gasteiger partial charge in [0.1, 0.15) is 6.04 Å². The van der Waals surface area contributed by atoms with Gasteiger partial charge in [-0.3, -0.25) is 4.79 Å². The van der Waals surface area contributed by atoms with Crippen molar-refractivity contribution in [2.24, 2.45) is 11.8 Å². The van der Waals surface area contributed by atoms with Gasteiger partial charge in [-0.2, -0.15) is 0 Å². The van der Waals surface area contributed by atoms with E-state index in [1.807, 2.05) is 4.90 Å². The summed E-state index contributed by atoms with van der Waals surface area (Å²) in [7, 11) is 0. The number of rotatable bonds is 3. The number of nitrogens with zero attached hydrogens (tertiary/aromatic N) is 1. The molecule has 2 heterocycles. The summed E-state index contributed by atoms with van der Waals surface area (Å²) >= 11 is 0. The average molecular weight is 240 g/mol. The van der Waals surface area contributed by atoms with Crippen LogP contribution < -0.4 is 5.32 Å². The number of likely N-dealkylation sites (tertiary alicyclic amines) is 1. The third-order valence-corrected chi connectivity index (χ3v) is 3.62. The summed E-state index contributed by atoms with van der Waals surface area (Å²) in [5.41, 5.74) is 0. The summed E-state index contributed by atoms with van der Waals surface area (Å²) < 4.78 is 5.34. The zero-order valence-corrected chi connectivity index (χ0v) is 10.9. The quantitative estimate of drug-likeness (QED) is 0.796. The first-order chi connectivity index (χ1) is 8.16. The Morgan fingerprint density at radius 2 is 2.35 bits per heavy atom. The molecular formula is C13H24N2O2. The predicted molar refractivity (Wildman–Crippen MR) is 66.8 cm³/mol. The zero-order valence-electron chi connectivity index (χ0n) is 10.9. The van der Waals surface area contributed by atoms with Crippen molar-refractivity contribution in [3.63, 3.8) is 0 Å². The molecule has 0 aliphatic carbocycles. The summed E-state index contributed by atoms with van der Waals surface area (Å²) in [6.45, 7) is 8.41. The molecule has 2 saturated heterocycles. The Morgan fingerprint density at radius 3 is 3.00 bits per heavy atom. The van der Waals surface area contributed by atoms with Gasteiger partial charge in [0.2, 0.25) is 5.91 Å². The third kappa shape index (κ3) is 3.42. The van der Waals surface area contributed by atoms with E-state index in [1.165, 1.54) is 6.42 Å². The Labute approximate surface area is 104 Å². The Kier molecular flexibility index (Phi) is 4.40. The monoisotopic (exact) mass is 240 g/mol. The van der Waals surface area contributed by atoms with E-state index in [1.54, 1.807) is 0 Å². The number of ether oxygens (including phenoxy) is 1. The van der Waals surface area contributed by atoms with Crippen LogP contribution in [-0.2, 0) is 9.53 Å². The summed E-state index contributed by atoms with van der Waals surface area (Å²) in [5, 5.41) is 3.24. The van der Waals surface area contributed by atoms with Gasteiger partial charge in [-0.25, -0.2) is 0 Å². The van der Waals surface area contributed by atoms with Crippen molar-refractivity contribution < 1.29 is 9.53 Å². The van der Waals surface area contributed by atoms with Gasteiger partial charge < -0.3 is 15.0 Å². The molecule has 1 N–H and O–H groups in total. The summed E-state index contributed by atoms with van der Waals surface area (Å²) in [6.07, 6.45) is 2.40. The number of amides is 1. The van der Waals surface area contributed by atoms with Crippen LogP contribution in [0.2, 0.25) is 0 Å². The van der Waals surface area contributed by atoms with Crippen molar-refractivity contribution in [3.05, 3.63) is 0 Å². The minimum Gasteiger partial charge on any atom is -0.378 e. The molecule has 98 valence electrons. The Morgan fingerprint density at radius 1 is 1.53 bits per heavy atom. The van der Waals surface area contributed by atoms with Crippen molar-refractivity contribution in [3.8, 4) is 0 Å². The molecule has 0 spiro atoms. The van der Waals surface area contributed by atoms with Crippen molar-refractivity contribution in [2.45, 2.75) is 32.7 Å². The van der Waals surface area contributed by atoms with E-state index in [4.69, 9.17) is 4.74 Å². The second-order valence-corrected chi connectivity index (χ2v) is 5.65. The number of morpholine rings is 1. The fourth-order valence-electron chi connectivity index (χ4n) is 2.84. The smallest absolute Gasteiger partial charge is 0.242 e. The van der Waals surface area contributed by atoms with Gasteiger partial charge in [-0.05, 0) is 24.7 Å². The molecule has 2 unspecified atom stereocenters. The number of hydrogen-bond acceptors (Lipinski definition) is 3. The van der Waals surface area contributed by atoms with Gasteiger partial charge in [-0.1, -0.05) is 13.8 Å². The molecule has 2 fully saturated rings. The van der Waals surface area contributed by atoms with Crippen LogP contribution in [0.3, 0.4) is 0 Å². The molecule has 0 radical (unpaired) electrons. The molecule has 2 rings (SSSR count). The second kappa shape index (κ2) is 5.83. The van der Waals surface area contributed by atoms with E-state index >= 15 is 0 Å². The van der Waals surface area contributed by atoms with Gasteiger partial charge in [0, 0.05) is 19.6 Å². The molecule has 2 atom stereocenters. The average Bonchev–Trinajstić information content (AvgIpc) is 2.77. The molecule has 4 heteroatoms. The van der Waals surface area contributed by atoms with Crippen molar-refractivity contribution in [1.29, 1.82) is 0 Å². The highest BCUT2D eigenvalue weighted by molar-refractivity contribution is 5.82. The molecule has 0 aromatic rings. The van der Waals surface area contributed by atoms with Gasteiger partial charge in [-0.15, -0.1) is 0 Å². The SMILES string of the molecule is CC(C)CC1CCN(C(=O)C2COCCN2)C1. The normalized spacial score (nSPS) is 29.9. The first-order valence-corrected chi connectivity index (χ1v) is 6.76. The summed E-state index contributed by atoms with van der Waals surface area (Å²) in [6, 6.07) is -0.110. The minimum atomic E-state index is -0.110. The van der Waals surface area contributed by atoms with E-state index in [-0.39, 0.29) is 11.9 Å². The molecular weight excluding hydrogens is 216 g/mol. The van der Waals surface area contributed by atoms with Crippen molar-refractivity contribution in [1.82, 2.24) is 10.2 Å². The fourth-order valence-corrected chi connectivity index (χ4v) is 2.84. The lowest BCUT2D eigenvalue weighted by molar-refractivity contribution is -0.135. The molecule has 0 aromatic carbocycles. The van der Waals surface area contributed by atoms with E-state index in [9.17, 15) is 4.79 Å². The predicted octanol–water partition coefficient (Wildman–Crippen LogP) is 0.869. The van der Waals surface area contributed by atoms with Gasteiger partial charge in [0.25, 0.3) is 0 Å². The Hall–Kier alpha value is -0.610. The second-order valence-electron chi connectivity index (χ2n) is 5.65. The van der Waals surface area contributed by atoms with Crippen LogP contribution in [0.4, 0.5) is 0 Å². The maximum absolute atomic E-state index is 12.2. The van der Waals surface area contributed by atoms with Crippen LogP contribution in [0.25, 0.3) is 0 Å². The van der Waals surface area contributed by atoms with Crippen LogP contribution in [0.1, 0.15) is 26.7 Å². The van der Waals surface area contributed by atoms with Crippen molar-refractivity contribution >= 4 is 5.91 Å². The maximum Gasteiger partial charge on any atom is 0.242 e. The molecule has 1 amide bonds. The molecule has 0 aromatic heterocycles. The molecule has 0 bridgehead atoms. The zero-order chi connectivity index (χ0) is 12.3. The van der Waals surface area contributed by atoms with Crippen LogP contribution in [0, 0.1) is 11.8 Å².